The monoisotopic (exact) mass is 499 g/mol. The fraction of sp³-hybridized carbons (Fsp3) is 0.185. The second-order valence-corrected chi connectivity index (χ2v) is 7.77. The van der Waals surface area contributed by atoms with Gasteiger partial charge in [0.15, 0.2) is 0 Å². The molecule has 3 aromatic carbocycles. The Morgan fingerprint density at radius 3 is 2.00 bits per heavy atom. The molecule has 0 unspecified atom stereocenters. The molecule has 0 aliphatic carbocycles. The minimum absolute atomic E-state index is 0.0200. The Morgan fingerprint density at radius 2 is 1.50 bits per heavy atom. The van der Waals surface area contributed by atoms with E-state index in [0.29, 0.717) is 22.6 Å². The second kappa shape index (κ2) is 11.4. The lowest BCUT2D eigenvalue weighted by Crippen LogP contribution is -2.42. The number of rotatable bonds is 9. The average molecular weight is 499 g/mol. The molecule has 0 bridgehead atoms. The average Bonchev–Trinajstić information content (AvgIpc) is 2.86. The van der Waals surface area contributed by atoms with Crippen molar-refractivity contribution >= 4 is 17.4 Å². The molecule has 0 fully saturated rings. The molecular formula is C27H24F3NO5. The predicted octanol–water partition coefficient (Wildman–Crippen LogP) is 5.13. The first kappa shape index (κ1) is 26.3. The first-order chi connectivity index (χ1) is 17.1. The molecule has 0 aliphatic rings. The van der Waals surface area contributed by atoms with Gasteiger partial charge in [-0.1, -0.05) is 60.7 Å². The lowest BCUT2D eigenvalue weighted by Gasteiger charge is -2.17. The van der Waals surface area contributed by atoms with E-state index in [1.165, 1.54) is 38.5 Å². The van der Waals surface area contributed by atoms with Crippen LogP contribution in [0.5, 0.6) is 11.5 Å². The van der Waals surface area contributed by atoms with Gasteiger partial charge in [-0.2, -0.15) is 13.2 Å². The Hall–Kier alpha value is -4.27. The summed E-state index contributed by atoms with van der Waals surface area (Å²) in [5.74, 6) is -1.34. The Labute approximate surface area is 206 Å². The molecule has 36 heavy (non-hydrogen) atoms. The van der Waals surface area contributed by atoms with Crippen molar-refractivity contribution < 1.29 is 37.3 Å². The van der Waals surface area contributed by atoms with Crippen LogP contribution < -0.4 is 14.8 Å². The number of carbonyl (C=O) groups excluding carboxylic acids is 1. The van der Waals surface area contributed by atoms with Crippen LogP contribution in [-0.4, -0.2) is 43.4 Å². The summed E-state index contributed by atoms with van der Waals surface area (Å²) in [6.45, 7) is 0. The van der Waals surface area contributed by atoms with Crippen molar-refractivity contribution in [3.63, 3.8) is 0 Å². The Bertz CT molecular complexity index is 1220. The maximum Gasteiger partial charge on any atom is 0.410 e. The molecule has 0 spiro atoms. The molecular weight excluding hydrogens is 475 g/mol. The molecule has 0 heterocycles. The Kier molecular flexibility index (Phi) is 8.37. The maximum absolute atomic E-state index is 13.1. The number of benzene rings is 3. The number of halogens is 3. The third-order valence-corrected chi connectivity index (χ3v) is 5.35. The van der Waals surface area contributed by atoms with Crippen LogP contribution in [0.15, 0.2) is 78.9 Å². The van der Waals surface area contributed by atoms with E-state index in [1.54, 1.807) is 48.5 Å². The summed E-state index contributed by atoms with van der Waals surface area (Å²) in [4.78, 5) is 24.6. The highest BCUT2D eigenvalue weighted by atomic mass is 19.4. The molecule has 0 saturated carbocycles. The molecule has 9 heteroatoms. The van der Waals surface area contributed by atoms with E-state index >= 15 is 0 Å². The molecule has 1 atom stereocenters. The molecule has 1 amide bonds. The zero-order valence-corrected chi connectivity index (χ0v) is 19.5. The van der Waals surface area contributed by atoms with Crippen molar-refractivity contribution in [2.45, 2.75) is 18.6 Å². The smallest absolute Gasteiger partial charge is 0.410 e. The fourth-order valence-electron chi connectivity index (χ4n) is 3.68. The van der Waals surface area contributed by atoms with Crippen molar-refractivity contribution in [1.82, 2.24) is 5.32 Å². The summed E-state index contributed by atoms with van der Waals surface area (Å²) < 4.78 is 50.1. The predicted molar refractivity (Wildman–Crippen MR) is 129 cm³/mol. The van der Waals surface area contributed by atoms with E-state index in [9.17, 15) is 27.9 Å². The van der Waals surface area contributed by atoms with Gasteiger partial charge in [0.25, 0.3) is 5.91 Å². The number of methoxy groups -OCH3 is 2. The SMILES string of the molecule is COc1cccc(OC)c1-c1ccc(C[C@H](NC(=O)/C(=C/C(F)(F)F)c2ccccc2)C(=O)O)cc1. The number of carboxylic acid groups (broad SMARTS) is 1. The van der Waals surface area contributed by atoms with Gasteiger partial charge in [0, 0.05) is 12.5 Å². The first-order valence-electron chi connectivity index (χ1n) is 10.8. The van der Waals surface area contributed by atoms with Crippen molar-refractivity contribution in [3.05, 3.63) is 90.0 Å². The lowest BCUT2D eigenvalue weighted by atomic mass is 9.98. The van der Waals surface area contributed by atoms with Gasteiger partial charge >= 0.3 is 12.1 Å². The molecule has 2 N–H and O–H groups in total. The van der Waals surface area contributed by atoms with Crippen LogP contribution in [0.4, 0.5) is 13.2 Å². The van der Waals surface area contributed by atoms with E-state index in [2.05, 4.69) is 5.32 Å². The van der Waals surface area contributed by atoms with Crippen LogP contribution in [0, 0.1) is 0 Å². The van der Waals surface area contributed by atoms with Gasteiger partial charge in [0.2, 0.25) is 0 Å². The first-order valence-corrected chi connectivity index (χ1v) is 10.8. The largest absolute Gasteiger partial charge is 0.496 e. The van der Waals surface area contributed by atoms with Gasteiger partial charge in [-0.15, -0.1) is 0 Å². The third-order valence-electron chi connectivity index (χ3n) is 5.35. The van der Waals surface area contributed by atoms with E-state index in [1.807, 2.05) is 0 Å². The van der Waals surface area contributed by atoms with Crippen molar-refractivity contribution in [3.8, 4) is 22.6 Å². The molecule has 6 nitrogen and oxygen atoms in total. The number of carboxylic acids is 1. The van der Waals surface area contributed by atoms with Gasteiger partial charge in [-0.3, -0.25) is 4.79 Å². The number of hydrogen-bond donors (Lipinski definition) is 2. The molecule has 0 radical (unpaired) electrons. The van der Waals surface area contributed by atoms with Gasteiger partial charge < -0.3 is 19.9 Å². The minimum Gasteiger partial charge on any atom is -0.496 e. The number of allylic oxidation sites excluding steroid dienone is 1. The van der Waals surface area contributed by atoms with Crippen LogP contribution in [-0.2, 0) is 16.0 Å². The number of alkyl halides is 3. The highest BCUT2D eigenvalue weighted by Crippen LogP contribution is 2.38. The lowest BCUT2D eigenvalue weighted by molar-refractivity contribution is -0.141. The van der Waals surface area contributed by atoms with Crippen LogP contribution in [0.25, 0.3) is 16.7 Å². The van der Waals surface area contributed by atoms with Gasteiger partial charge in [0.1, 0.15) is 17.5 Å². The van der Waals surface area contributed by atoms with E-state index < -0.39 is 29.7 Å². The zero-order valence-electron chi connectivity index (χ0n) is 19.5. The minimum atomic E-state index is -4.77. The van der Waals surface area contributed by atoms with Gasteiger partial charge in [0.05, 0.1) is 25.4 Å². The quantitative estimate of drug-likeness (QED) is 0.399. The molecule has 3 rings (SSSR count). The van der Waals surface area contributed by atoms with Crippen LogP contribution >= 0.6 is 0 Å². The van der Waals surface area contributed by atoms with Crippen molar-refractivity contribution in [1.29, 1.82) is 0 Å². The Balaban J connectivity index is 1.84. The van der Waals surface area contributed by atoms with Crippen LogP contribution in [0.1, 0.15) is 11.1 Å². The second-order valence-electron chi connectivity index (χ2n) is 7.77. The summed E-state index contributed by atoms with van der Waals surface area (Å²) in [5.41, 5.74) is 1.37. The maximum atomic E-state index is 13.1. The number of ether oxygens (including phenoxy) is 2. The summed E-state index contributed by atoms with van der Waals surface area (Å²) in [6.07, 6.45) is -5.04. The van der Waals surface area contributed by atoms with E-state index in [4.69, 9.17) is 9.47 Å². The fourth-order valence-corrected chi connectivity index (χ4v) is 3.68. The molecule has 0 aliphatic heterocycles. The topological polar surface area (TPSA) is 84.9 Å². The molecule has 0 saturated heterocycles. The standard InChI is InChI=1S/C27H24F3NO5/c1-35-22-9-6-10-23(36-2)24(22)19-13-11-17(12-14-19)15-21(26(33)34)31-25(32)20(16-27(28,29)30)18-7-4-3-5-8-18/h3-14,16,21H,15H2,1-2H3,(H,31,32)(H,33,34)/b20-16+/t21-/m0/s1. The highest BCUT2D eigenvalue weighted by molar-refractivity contribution is 6.20. The van der Waals surface area contributed by atoms with Gasteiger partial charge in [-0.05, 0) is 28.8 Å². The molecule has 3 aromatic rings. The molecule has 188 valence electrons. The van der Waals surface area contributed by atoms with E-state index in [-0.39, 0.29) is 18.1 Å². The highest BCUT2D eigenvalue weighted by Gasteiger charge is 2.29. The van der Waals surface area contributed by atoms with Crippen LogP contribution in [0.2, 0.25) is 0 Å². The summed E-state index contributed by atoms with van der Waals surface area (Å²) >= 11 is 0. The normalized spacial score (nSPS) is 12.5. The number of carbonyl (C=O) groups is 2. The number of nitrogens with one attached hydrogen (secondary N) is 1. The summed E-state index contributed by atoms with van der Waals surface area (Å²) in [6, 6.07) is 18.0. The molecule has 0 aromatic heterocycles. The zero-order chi connectivity index (χ0) is 26.3. The van der Waals surface area contributed by atoms with Gasteiger partial charge in [-0.25, -0.2) is 4.79 Å². The summed E-state index contributed by atoms with van der Waals surface area (Å²) in [7, 11) is 3.06. The number of hydrogen-bond acceptors (Lipinski definition) is 4. The van der Waals surface area contributed by atoms with E-state index in [0.717, 1.165) is 5.56 Å². The number of amides is 1. The summed E-state index contributed by atoms with van der Waals surface area (Å²) in [5, 5.41) is 11.9. The van der Waals surface area contributed by atoms with Crippen molar-refractivity contribution in [2.75, 3.05) is 14.2 Å². The third kappa shape index (κ3) is 6.65. The Morgan fingerprint density at radius 1 is 0.917 bits per heavy atom. The van der Waals surface area contributed by atoms with Crippen molar-refractivity contribution in [2.24, 2.45) is 0 Å². The number of aliphatic carboxylic acids is 1. The van der Waals surface area contributed by atoms with Crippen LogP contribution in [0.3, 0.4) is 0 Å².